The lowest BCUT2D eigenvalue weighted by Gasteiger charge is -2.34. The maximum absolute atomic E-state index is 11.5. The summed E-state index contributed by atoms with van der Waals surface area (Å²) in [7, 11) is 0. The number of nitrogens with one attached hydrogen (secondary N) is 1. The zero-order valence-corrected chi connectivity index (χ0v) is 11.9. The van der Waals surface area contributed by atoms with E-state index in [2.05, 4.69) is 15.3 Å². The number of amides is 1. The Kier molecular flexibility index (Phi) is 4.73. The van der Waals surface area contributed by atoms with Crippen molar-refractivity contribution < 1.29 is 9.53 Å². The van der Waals surface area contributed by atoms with Gasteiger partial charge in [0.25, 0.3) is 0 Å². The van der Waals surface area contributed by atoms with Crippen LogP contribution in [0.2, 0.25) is 0 Å². The van der Waals surface area contributed by atoms with E-state index in [4.69, 9.17) is 10.5 Å². The van der Waals surface area contributed by atoms with Crippen LogP contribution in [0, 0.1) is 6.92 Å². The minimum Gasteiger partial charge on any atom is -0.478 e. The fourth-order valence-electron chi connectivity index (χ4n) is 2.13. The maximum Gasteiger partial charge on any atom is 0.241 e. The fraction of sp³-hybridized carbons (Fsp3) is 0.615. The molecule has 0 aliphatic carbocycles. The minimum absolute atomic E-state index is 0.377. The number of ether oxygens (including phenoxy) is 1. The van der Waals surface area contributed by atoms with E-state index in [1.54, 1.807) is 6.07 Å². The molecule has 1 atom stereocenters. The van der Waals surface area contributed by atoms with E-state index in [0.717, 1.165) is 18.7 Å². The second-order valence-electron chi connectivity index (χ2n) is 4.81. The van der Waals surface area contributed by atoms with Crippen molar-refractivity contribution in [3.63, 3.8) is 0 Å². The second kappa shape index (κ2) is 6.51. The highest BCUT2D eigenvalue weighted by atomic mass is 16.5. The zero-order valence-electron chi connectivity index (χ0n) is 11.9. The van der Waals surface area contributed by atoms with E-state index in [1.807, 2.05) is 18.7 Å². The number of nitrogens with zero attached hydrogens (tertiary/aromatic N) is 3. The van der Waals surface area contributed by atoms with Crippen LogP contribution in [0.25, 0.3) is 0 Å². The third-order valence-corrected chi connectivity index (χ3v) is 3.10. The summed E-state index contributed by atoms with van der Waals surface area (Å²) < 4.78 is 5.55. The van der Waals surface area contributed by atoms with Gasteiger partial charge in [-0.15, -0.1) is 0 Å². The Hall–Kier alpha value is -1.89. The summed E-state index contributed by atoms with van der Waals surface area (Å²) in [6, 6.07) is 1.37. The Bertz CT molecular complexity index is 480. The Morgan fingerprint density at radius 2 is 2.40 bits per heavy atom. The molecule has 20 heavy (non-hydrogen) atoms. The lowest BCUT2D eigenvalue weighted by molar-refractivity contribution is -0.119. The molecule has 0 bridgehead atoms. The Morgan fingerprint density at radius 1 is 1.60 bits per heavy atom. The molecule has 110 valence electrons. The van der Waals surface area contributed by atoms with Gasteiger partial charge in [0.05, 0.1) is 6.61 Å². The monoisotopic (exact) mass is 279 g/mol. The SMILES string of the molecule is CCCOc1cc(C)nc(N2CCNCC2C(N)=O)n1. The first-order chi connectivity index (χ1) is 9.61. The predicted molar refractivity (Wildman–Crippen MR) is 75.8 cm³/mol. The van der Waals surface area contributed by atoms with Gasteiger partial charge in [0.2, 0.25) is 17.7 Å². The van der Waals surface area contributed by atoms with Crippen molar-refractivity contribution in [1.29, 1.82) is 0 Å². The van der Waals surface area contributed by atoms with Gasteiger partial charge in [0.1, 0.15) is 6.04 Å². The first-order valence-electron chi connectivity index (χ1n) is 6.87. The highest BCUT2D eigenvalue weighted by molar-refractivity contribution is 5.83. The normalized spacial score (nSPS) is 18.9. The number of carbonyl (C=O) groups excluding carboxylic acids is 1. The summed E-state index contributed by atoms with van der Waals surface area (Å²) in [4.78, 5) is 22.2. The number of aromatic nitrogens is 2. The smallest absolute Gasteiger partial charge is 0.241 e. The van der Waals surface area contributed by atoms with E-state index in [9.17, 15) is 4.79 Å². The Morgan fingerprint density at radius 3 is 3.10 bits per heavy atom. The van der Waals surface area contributed by atoms with Gasteiger partial charge in [-0.3, -0.25) is 4.79 Å². The average molecular weight is 279 g/mol. The van der Waals surface area contributed by atoms with Gasteiger partial charge in [-0.05, 0) is 13.3 Å². The molecular weight excluding hydrogens is 258 g/mol. The lowest BCUT2D eigenvalue weighted by atomic mass is 10.2. The molecule has 1 amide bonds. The second-order valence-corrected chi connectivity index (χ2v) is 4.81. The van der Waals surface area contributed by atoms with Crippen LogP contribution in [0.3, 0.4) is 0 Å². The van der Waals surface area contributed by atoms with Gasteiger partial charge >= 0.3 is 0 Å². The third-order valence-electron chi connectivity index (χ3n) is 3.10. The molecule has 1 aliphatic rings. The Balaban J connectivity index is 2.25. The Labute approximate surface area is 118 Å². The molecule has 3 N–H and O–H groups in total. The molecule has 0 aromatic carbocycles. The molecule has 0 spiro atoms. The van der Waals surface area contributed by atoms with Crippen molar-refractivity contribution in [3.8, 4) is 5.88 Å². The number of hydrogen-bond acceptors (Lipinski definition) is 6. The van der Waals surface area contributed by atoms with Crippen LogP contribution in [-0.2, 0) is 4.79 Å². The van der Waals surface area contributed by atoms with Crippen LogP contribution >= 0.6 is 0 Å². The van der Waals surface area contributed by atoms with Crippen molar-refractivity contribution >= 4 is 11.9 Å². The summed E-state index contributed by atoms with van der Waals surface area (Å²) in [6.45, 7) is 6.45. The summed E-state index contributed by atoms with van der Waals surface area (Å²) in [5, 5.41) is 3.15. The molecule has 0 radical (unpaired) electrons. The summed E-state index contributed by atoms with van der Waals surface area (Å²) >= 11 is 0. The highest BCUT2D eigenvalue weighted by Crippen LogP contribution is 2.18. The average Bonchev–Trinajstić information content (AvgIpc) is 2.44. The molecule has 1 aliphatic heterocycles. The summed E-state index contributed by atoms with van der Waals surface area (Å²) in [5.41, 5.74) is 6.25. The number of aryl methyl sites for hydroxylation is 1. The maximum atomic E-state index is 11.5. The lowest BCUT2D eigenvalue weighted by Crippen LogP contribution is -2.57. The molecule has 1 aromatic heterocycles. The molecule has 7 heteroatoms. The number of primary amides is 1. The van der Waals surface area contributed by atoms with E-state index in [-0.39, 0.29) is 5.91 Å². The van der Waals surface area contributed by atoms with Crippen LogP contribution in [0.5, 0.6) is 5.88 Å². The van der Waals surface area contributed by atoms with Gasteiger partial charge in [-0.2, -0.15) is 4.98 Å². The van der Waals surface area contributed by atoms with Crippen molar-refractivity contribution in [3.05, 3.63) is 11.8 Å². The van der Waals surface area contributed by atoms with Crippen LogP contribution in [-0.4, -0.2) is 48.2 Å². The van der Waals surface area contributed by atoms with Crippen LogP contribution in [0.1, 0.15) is 19.0 Å². The fourth-order valence-corrected chi connectivity index (χ4v) is 2.13. The molecule has 1 unspecified atom stereocenters. The first-order valence-corrected chi connectivity index (χ1v) is 6.87. The van der Waals surface area contributed by atoms with Gasteiger partial charge in [-0.1, -0.05) is 6.92 Å². The summed E-state index contributed by atoms with van der Waals surface area (Å²) in [6.07, 6.45) is 0.913. The summed E-state index contributed by atoms with van der Waals surface area (Å²) in [5.74, 6) is 0.663. The van der Waals surface area contributed by atoms with Crippen molar-refractivity contribution in [2.75, 3.05) is 31.1 Å². The topological polar surface area (TPSA) is 93.4 Å². The predicted octanol–water partition coefficient (Wildman–Crippen LogP) is -0.163. The number of rotatable bonds is 5. The van der Waals surface area contributed by atoms with Crippen molar-refractivity contribution in [2.45, 2.75) is 26.3 Å². The third kappa shape index (κ3) is 3.36. The molecule has 1 saturated heterocycles. The van der Waals surface area contributed by atoms with E-state index in [0.29, 0.717) is 31.5 Å². The number of piperazine rings is 1. The van der Waals surface area contributed by atoms with Gasteiger partial charge in [-0.25, -0.2) is 4.98 Å². The quantitative estimate of drug-likeness (QED) is 0.778. The molecule has 7 nitrogen and oxygen atoms in total. The molecular formula is C13H21N5O2. The van der Waals surface area contributed by atoms with E-state index >= 15 is 0 Å². The van der Waals surface area contributed by atoms with Gasteiger partial charge in [0.15, 0.2) is 0 Å². The standard InChI is InChI=1S/C13H21N5O2/c1-3-6-20-11-7-9(2)16-13(17-11)18-5-4-15-8-10(18)12(14)19/h7,10,15H,3-6,8H2,1-2H3,(H2,14,19). The van der Waals surface area contributed by atoms with E-state index < -0.39 is 6.04 Å². The van der Waals surface area contributed by atoms with Crippen molar-refractivity contribution in [1.82, 2.24) is 15.3 Å². The van der Waals surface area contributed by atoms with Gasteiger partial charge in [0, 0.05) is 31.4 Å². The largest absolute Gasteiger partial charge is 0.478 e. The molecule has 0 saturated carbocycles. The zero-order chi connectivity index (χ0) is 14.5. The molecule has 1 aromatic rings. The first kappa shape index (κ1) is 14.5. The molecule has 2 heterocycles. The van der Waals surface area contributed by atoms with Crippen molar-refractivity contribution in [2.24, 2.45) is 5.73 Å². The molecule has 1 fully saturated rings. The van der Waals surface area contributed by atoms with Crippen LogP contribution in [0.4, 0.5) is 5.95 Å². The molecule has 2 rings (SSSR count). The number of anilines is 1. The number of hydrogen-bond donors (Lipinski definition) is 2. The van der Waals surface area contributed by atoms with Crippen LogP contribution in [0.15, 0.2) is 6.07 Å². The van der Waals surface area contributed by atoms with Crippen LogP contribution < -0.4 is 20.7 Å². The minimum atomic E-state index is -0.426. The number of carbonyl (C=O) groups is 1. The van der Waals surface area contributed by atoms with Gasteiger partial charge < -0.3 is 20.7 Å². The number of nitrogens with two attached hydrogens (primary N) is 1. The highest BCUT2D eigenvalue weighted by Gasteiger charge is 2.29. The van der Waals surface area contributed by atoms with E-state index in [1.165, 1.54) is 0 Å².